The average molecular weight is 156 g/mol. The van der Waals surface area contributed by atoms with Gasteiger partial charge in [-0.3, -0.25) is 0 Å². The van der Waals surface area contributed by atoms with Crippen LogP contribution in [-0.4, -0.2) is 25.6 Å². The van der Waals surface area contributed by atoms with E-state index in [-0.39, 0.29) is 6.42 Å². The van der Waals surface area contributed by atoms with Crippen LogP contribution >= 0.6 is 0 Å². The first-order valence-electron chi connectivity index (χ1n) is 3.07. The molecular formula is C4H7BF4N-. The largest absolute Gasteiger partial charge is 0.491 e. The predicted molar refractivity (Wildman–Crippen MR) is 30.4 cm³/mol. The third kappa shape index (κ3) is 2.55. The third-order valence-corrected chi connectivity index (χ3v) is 1.32. The quantitative estimate of drug-likeness (QED) is 0.476. The molecule has 1 rings (SSSR count). The summed E-state index contributed by atoms with van der Waals surface area (Å²) >= 11 is 0. The van der Waals surface area contributed by atoms with Crippen molar-refractivity contribution in [3.05, 3.63) is 0 Å². The van der Waals surface area contributed by atoms with Gasteiger partial charge < -0.3 is 18.3 Å². The molecule has 0 aliphatic heterocycles. The minimum atomic E-state index is -4.79. The maximum atomic E-state index is 11.9. The monoisotopic (exact) mass is 156 g/mol. The van der Waals surface area contributed by atoms with Crippen molar-refractivity contribution in [2.24, 2.45) is 0 Å². The molecule has 0 heterocycles. The van der Waals surface area contributed by atoms with Gasteiger partial charge in [0, 0.05) is 6.04 Å². The van der Waals surface area contributed by atoms with Crippen LogP contribution in [0.5, 0.6) is 0 Å². The van der Waals surface area contributed by atoms with Crippen LogP contribution in [0.3, 0.4) is 0 Å². The molecule has 6 heteroatoms. The summed E-state index contributed by atoms with van der Waals surface area (Å²) in [7, 11) is 0. The summed E-state index contributed by atoms with van der Waals surface area (Å²) in [6, 6.07) is -0.538. The first-order valence-corrected chi connectivity index (χ1v) is 3.07. The van der Waals surface area contributed by atoms with Crippen molar-refractivity contribution in [3.8, 4) is 0 Å². The van der Waals surface area contributed by atoms with Crippen LogP contribution in [-0.2, 0) is 0 Å². The zero-order chi connectivity index (χ0) is 7.78. The molecule has 0 aromatic rings. The molecule has 0 saturated heterocycles. The van der Waals surface area contributed by atoms with E-state index >= 15 is 0 Å². The summed E-state index contributed by atoms with van der Waals surface area (Å²) in [5.74, 6) is 0. The molecule has 0 unspecified atom stereocenters. The third-order valence-electron chi connectivity index (χ3n) is 1.32. The summed E-state index contributed by atoms with van der Waals surface area (Å²) in [5.41, 5.74) is 0. The maximum absolute atomic E-state index is 11.9. The van der Waals surface area contributed by atoms with Crippen molar-refractivity contribution in [2.75, 3.05) is 6.44 Å². The first-order chi connectivity index (χ1) is 4.49. The van der Waals surface area contributed by atoms with Gasteiger partial charge in [-0.1, -0.05) is 0 Å². The van der Waals surface area contributed by atoms with Crippen LogP contribution < -0.4 is 5.32 Å². The minimum absolute atomic E-state index is 0.228. The van der Waals surface area contributed by atoms with E-state index in [0.717, 1.165) is 0 Å². The molecule has 0 bridgehead atoms. The van der Waals surface area contributed by atoms with E-state index in [4.69, 9.17) is 0 Å². The van der Waals surface area contributed by atoms with Crippen LogP contribution in [0.4, 0.5) is 17.3 Å². The van der Waals surface area contributed by atoms with Crippen LogP contribution in [0.2, 0.25) is 0 Å². The highest BCUT2D eigenvalue weighted by molar-refractivity contribution is 6.58. The summed E-state index contributed by atoms with van der Waals surface area (Å²) in [5, 5.41) is 2.07. The van der Waals surface area contributed by atoms with E-state index in [0.29, 0.717) is 0 Å². The van der Waals surface area contributed by atoms with Crippen LogP contribution in [0, 0.1) is 0 Å². The highest BCUT2D eigenvalue weighted by atomic mass is 19.4. The summed E-state index contributed by atoms with van der Waals surface area (Å²) < 4.78 is 46.3. The molecule has 60 valence electrons. The topological polar surface area (TPSA) is 12.0 Å². The van der Waals surface area contributed by atoms with Crippen molar-refractivity contribution in [1.82, 2.24) is 5.32 Å². The number of hydrogen-bond donors (Lipinski definition) is 1. The minimum Gasteiger partial charge on any atom is -0.448 e. The van der Waals surface area contributed by atoms with Crippen LogP contribution in [0.15, 0.2) is 0 Å². The van der Waals surface area contributed by atoms with Gasteiger partial charge in [0.25, 0.3) is 0 Å². The van der Waals surface area contributed by atoms with Crippen molar-refractivity contribution in [2.45, 2.75) is 18.6 Å². The van der Waals surface area contributed by atoms with Crippen LogP contribution in [0.1, 0.15) is 6.42 Å². The van der Waals surface area contributed by atoms with E-state index in [2.05, 4.69) is 5.32 Å². The first kappa shape index (κ1) is 7.85. The lowest BCUT2D eigenvalue weighted by molar-refractivity contribution is 0.429. The fraction of sp³-hybridized carbons (Fsp3) is 1.00. The maximum Gasteiger partial charge on any atom is 0.491 e. The van der Waals surface area contributed by atoms with Gasteiger partial charge in [-0.25, -0.2) is 4.39 Å². The predicted octanol–water partition coefficient (Wildman–Crippen LogP) is 1.07. The Hall–Kier alpha value is -0.255. The van der Waals surface area contributed by atoms with Gasteiger partial charge in [0.15, 0.2) is 0 Å². The molecular weight excluding hydrogens is 149 g/mol. The molecule has 0 spiro atoms. The Morgan fingerprint density at radius 1 is 1.40 bits per heavy atom. The molecule has 10 heavy (non-hydrogen) atoms. The van der Waals surface area contributed by atoms with E-state index in [1.165, 1.54) is 0 Å². The normalized spacial score (nSPS) is 32.4. The van der Waals surface area contributed by atoms with Gasteiger partial charge in [0.1, 0.15) is 6.17 Å². The molecule has 0 amide bonds. The van der Waals surface area contributed by atoms with Gasteiger partial charge in [0.05, 0.1) is 0 Å². The number of alkyl halides is 1. The lowest BCUT2D eigenvalue weighted by Crippen LogP contribution is -2.35. The Bertz CT molecular complexity index is 125. The van der Waals surface area contributed by atoms with Gasteiger partial charge in [-0.2, -0.15) is 0 Å². The summed E-state index contributed by atoms with van der Waals surface area (Å²) in [4.78, 5) is 0. The lowest BCUT2D eigenvalue weighted by Gasteiger charge is -2.13. The Morgan fingerprint density at radius 3 is 2.20 bits per heavy atom. The fourth-order valence-corrected chi connectivity index (χ4v) is 0.660. The molecule has 1 N–H and O–H groups in total. The zero-order valence-corrected chi connectivity index (χ0v) is 5.16. The van der Waals surface area contributed by atoms with Crippen LogP contribution in [0.25, 0.3) is 0 Å². The molecule has 1 nitrogen and oxygen atoms in total. The summed E-state index contributed by atoms with van der Waals surface area (Å²) in [6.45, 7) is -4.79. The number of halogens is 4. The second kappa shape index (κ2) is 2.41. The van der Waals surface area contributed by atoms with E-state index in [1.807, 2.05) is 0 Å². The Labute approximate surface area is 55.8 Å². The van der Waals surface area contributed by atoms with E-state index < -0.39 is 25.6 Å². The highest BCUT2D eigenvalue weighted by Crippen LogP contribution is 2.25. The molecule has 1 aliphatic carbocycles. The average Bonchev–Trinajstić information content (AvgIpc) is 2.40. The fourth-order valence-electron chi connectivity index (χ4n) is 0.660. The molecule has 1 saturated carbocycles. The second-order valence-electron chi connectivity index (χ2n) is 2.48. The molecule has 1 aliphatic rings. The standard InChI is InChI=1S/C4H7BF4N/c6-3-1-4(3)10-2-5(7,8)9/h3-4,10H,1-2H2/q-1/t3-,4+/m0/s1. The smallest absolute Gasteiger partial charge is 0.448 e. The van der Waals surface area contributed by atoms with E-state index in [1.54, 1.807) is 0 Å². The molecule has 2 atom stereocenters. The van der Waals surface area contributed by atoms with Gasteiger partial charge in [0.2, 0.25) is 0 Å². The van der Waals surface area contributed by atoms with Gasteiger partial charge in [-0.15, -0.1) is 0 Å². The van der Waals surface area contributed by atoms with E-state index in [9.17, 15) is 17.3 Å². The summed E-state index contributed by atoms with van der Waals surface area (Å²) in [6.07, 6.45) is -1.85. The van der Waals surface area contributed by atoms with Crippen molar-refractivity contribution in [1.29, 1.82) is 0 Å². The lowest BCUT2D eigenvalue weighted by atomic mass is 9.92. The molecule has 0 aromatic carbocycles. The number of nitrogens with one attached hydrogen (secondary N) is 1. The second-order valence-corrected chi connectivity index (χ2v) is 2.48. The van der Waals surface area contributed by atoms with Gasteiger partial charge >= 0.3 is 6.98 Å². The molecule has 1 fully saturated rings. The van der Waals surface area contributed by atoms with Gasteiger partial charge in [-0.05, 0) is 12.9 Å². The SMILES string of the molecule is F[C@H]1C[C@H]1NC[B-](F)(F)F. The Kier molecular flexibility index (Phi) is 1.89. The number of rotatable bonds is 3. The van der Waals surface area contributed by atoms with Crippen molar-refractivity contribution in [3.63, 3.8) is 0 Å². The zero-order valence-electron chi connectivity index (χ0n) is 5.16. The number of hydrogen-bond acceptors (Lipinski definition) is 1. The Morgan fingerprint density at radius 2 is 1.90 bits per heavy atom. The Balaban J connectivity index is 2.06. The highest BCUT2D eigenvalue weighted by Gasteiger charge is 2.38. The molecule has 0 radical (unpaired) electrons. The van der Waals surface area contributed by atoms with Crippen molar-refractivity contribution < 1.29 is 17.3 Å². The molecule has 0 aromatic heterocycles. The van der Waals surface area contributed by atoms with Crippen molar-refractivity contribution >= 4 is 6.98 Å².